The third-order valence-electron chi connectivity index (χ3n) is 4.05. The molecule has 3 aromatic rings. The zero-order chi connectivity index (χ0) is 20.1. The van der Waals surface area contributed by atoms with Crippen molar-refractivity contribution in [3.8, 4) is 5.75 Å². The van der Waals surface area contributed by atoms with Gasteiger partial charge in [0.1, 0.15) is 11.4 Å². The number of aryl methyl sites for hydroxylation is 2. The number of hydrogen-bond acceptors (Lipinski definition) is 5. The van der Waals surface area contributed by atoms with Gasteiger partial charge in [-0.2, -0.15) is 0 Å². The fourth-order valence-corrected chi connectivity index (χ4v) is 2.78. The molecule has 0 spiro atoms. The van der Waals surface area contributed by atoms with Crippen LogP contribution in [0.1, 0.15) is 27.3 Å². The summed E-state index contributed by atoms with van der Waals surface area (Å²) in [6, 6.07) is 14.7. The lowest BCUT2D eigenvalue weighted by atomic mass is 10.2. The van der Waals surface area contributed by atoms with Crippen molar-refractivity contribution in [1.29, 1.82) is 0 Å². The van der Waals surface area contributed by atoms with Crippen molar-refractivity contribution in [2.75, 3.05) is 12.4 Å². The fraction of sp³-hybridized carbons (Fsp3) is 0.190. The molecule has 1 amide bonds. The second-order valence-corrected chi connectivity index (χ2v) is 6.79. The van der Waals surface area contributed by atoms with Crippen molar-refractivity contribution in [2.24, 2.45) is 0 Å². The van der Waals surface area contributed by atoms with Crippen LogP contribution in [0.4, 0.5) is 11.6 Å². The molecule has 6 nitrogen and oxygen atoms in total. The predicted molar refractivity (Wildman–Crippen MR) is 110 cm³/mol. The zero-order valence-electron chi connectivity index (χ0n) is 15.9. The number of nitrogens with one attached hydrogen (secondary N) is 2. The third-order valence-corrected chi connectivity index (χ3v) is 4.31. The second kappa shape index (κ2) is 8.71. The van der Waals surface area contributed by atoms with E-state index in [0.717, 1.165) is 16.8 Å². The monoisotopic (exact) mass is 396 g/mol. The van der Waals surface area contributed by atoms with Crippen LogP contribution in [0.15, 0.2) is 48.5 Å². The van der Waals surface area contributed by atoms with Gasteiger partial charge in [0.05, 0.1) is 12.8 Å². The number of halogens is 1. The van der Waals surface area contributed by atoms with E-state index in [-0.39, 0.29) is 11.6 Å². The largest absolute Gasteiger partial charge is 0.495 e. The van der Waals surface area contributed by atoms with Gasteiger partial charge in [0, 0.05) is 17.3 Å². The lowest BCUT2D eigenvalue weighted by Crippen LogP contribution is -2.24. The average Bonchev–Trinajstić information content (AvgIpc) is 2.67. The number of aromatic nitrogens is 2. The molecule has 0 aliphatic rings. The SMILES string of the molecule is COc1ccc(C)cc1Nc1nc(C)cc(C(=O)NCc2ccc(Cl)cc2)n1. The summed E-state index contributed by atoms with van der Waals surface area (Å²) in [7, 11) is 1.60. The van der Waals surface area contributed by atoms with Crippen LogP contribution in [0.2, 0.25) is 5.02 Å². The Morgan fingerprint density at radius 2 is 1.82 bits per heavy atom. The summed E-state index contributed by atoms with van der Waals surface area (Å²) < 4.78 is 5.37. The summed E-state index contributed by atoms with van der Waals surface area (Å²) in [5.41, 5.74) is 3.72. The smallest absolute Gasteiger partial charge is 0.270 e. The minimum Gasteiger partial charge on any atom is -0.495 e. The summed E-state index contributed by atoms with van der Waals surface area (Å²) >= 11 is 5.88. The van der Waals surface area contributed by atoms with E-state index in [2.05, 4.69) is 20.6 Å². The number of carbonyl (C=O) groups is 1. The molecule has 2 aromatic carbocycles. The molecule has 28 heavy (non-hydrogen) atoms. The van der Waals surface area contributed by atoms with Crippen LogP contribution < -0.4 is 15.4 Å². The quantitative estimate of drug-likeness (QED) is 0.644. The molecule has 0 atom stereocenters. The van der Waals surface area contributed by atoms with E-state index in [1.807, 2.05) is 44.2 Å². The van der Waals surface area contributed by atoms with E-state index in [1.54, 1.807) is 25.3 Å². The summed E-state index contributed by atoms with van der Waals surface area (Å²) in [6.45, 7) is 4.18. The highest BCUT2D eigenvalue weighted by molar-refractivity contribution is 6.30. The van der Waals surface area contributed by atoms with Gasteiger partial charge in [0.2, 0.25) is 5.95 Å². The Labute approximate surface area is 168 Å². The van der Waals surface area contributed by atoms with Gasteiger partial charge in [-0.05, 0) is 55.3 Å². The number of benzene rings is 2. The van der Waals surface area contributed by atoms with Gasteiger partial charge >= 0.3 is 0 Å². The summed E-state index contributed by atoms with van der Waals surface area (Å²) in [5.74, 6) is 0.727. The van der Waals surface area contributed by atoms with Gasteiger partial charge in [-0.15, -0.1) is 0 Å². The molecule has 0 bridgehead atoms. The molecule has 0 aliphatic heterocycles. The molecule has 0 aliphatic carbocycles. The Morgan fingerprint density at radius 3 is 2.54 bits per heavy atom. The Hall–Kier alpha value is -3.12. The van der Waals surface area contributed by atoms with Crippen LogP contribution in [-0.4, -0.2) is 23.0 Å². The maximum absolute atomic E-state index is 12.5. The van der Waals surface area contributed by atoms with Crippen molar-refractivity contribution in [3.63, 3.8) is 0 Å². The van der Waals surface area contributed by atoms with Crippen molar-refractivity contribution >= 4 is 29.1 Å². The highest BCUT2D eigenvalue weighted by atomic mass is 35.5. The summed E-state index contributed by atoms with van der Waals surface area (Å²) in [6.07, 6.45) is 0. The molecule has 3 rings (SSSR count). The number of carbonyl (C=O) groups excluding carboxylic acids is 1. The molecule has 7 heteroatoms. The lowest BCUT2D eigenvalue weighted by Gasteiger charge is -2.12. The number of ether oxygens (including phenoxy) is 1. The van der Waals surface area contributed by atoms with Crippen LogP contribution in [0.3, 0.4) is 0 Å². The Bertz CT molecular complexity index is 990. The fourth-order valence-electron chi connectivity index (χ4n) is 2.66. The topological polar surface area (TPSA) is 76.1 Å². The first-order valence-corrected chi connectivity index (χ1v) is 9.12. The molecule has 144 valence electrons. The van der Waals surface area contributed by atoms with E-state index < -0.39 is 0 Å². The molecule has 0 saturated heterocycles. The molecule has 0 fully saturated rings. The molecular formula is C21H21ClN4O2. The Morgan fingerprint density at radius 1 is 1.07 bits per heavy atom. The van der Waals surface area contributed by atoms with Crippen molar-refractivity contribution in [2.45, 2.75) is 20.4 Å². The number of hydrogen-bond donors (Lipinski definition) is 2. The van der Waals surface area contributed by atoms with Crippen molar-refractivity contribution in [3.05, 3.63) is 76.1 Å². The second-order valence-electron chi connectivity index (χ2n) is 6.36. The Balaban J connectivity index is 1.76. The van der Waals surface area contributed by atoms with E-state index in [4.69, 9.17) is 16.3 Å². The molecule has 1 aromatic heterocycles. The maximum Gasteiger partial charge on any atom is 0.270 e. The van der Waals surface area contributed by atoms with E-state index in [1.165, 1.54) is 0 Å². The number of amides is 1. The average molecular weight is 397 g/mol. The number of nitrogens with zero attached hydrogens (tertiary/aromatic N) is 2. The van der Waals surface area contributed by atoms with E-state index >= 15 is 0 Å². The minimum atomic E-state index is -0.278. The van der Waals surface area contributed by atoms with Gasteiger partial charge in [0.25, 0.3) is 5.91 Å². The van der Waals surface area contributed by atoms with Crippen molar-refractivity contribution in [1.82, 2.24) is 15.3 Å². The van der Waals surface area contributed by atoms with Crippen LogP contribution >= 0.6 is 11.6 Å². The standard InChI is InChI=1S/C21H21ClN4O2/c1-13-4-9-19(28-3)17(10-13)25-21-24-14(2)11-18(26-21)20(27)23-12-15-5-7-16(22)8-6-15/h4-11H,12H2,1-3H3,(H,23,27)(H,24,25,26). The third kappa shape index (κ3) is 4.98. The first-order chi connectivity index (χ1) is 13.4. The predicted octanol–water partition coefficient (Wildman–Crippen LogP) is 4.43. The van der Waals surface area contributed by atoms with Gasteiger partial charge in [-0.1, -0.05) is 29.8 Å². The number of rotatable bonds is 6. The molecular weight excluding hydrogens is 376 g/mol. The van der Waals surface area contributed by atoms with Crippen LogP contribution in [0.25, 0.3) is 0 Å². The molecule has 0 unspecified atom stereocenters. The van der Waals surface area contributed by atoms with Gasteiger partial charge in [-0.3, -0.25) is 4.79 Å². The summed E-state index contributed by atoms with van der Waals surface area (Å²) in [4.78, 5) is 21.3. The summed E-state index contributed by atoms with van der Waals surface area (Å²) in [5, 5.41) is 6.65. The normalized spacial score (nSPS) is 10.4. The first-order valence-electron chi connectivity index (χ1n) is 8.74. The first kappa shape index (κ1) is 19.6. The molecule has 0 radical (unpaired) electrons. The Kier molecular flexibility index (Phi) is 6.11. The highest BCUT2D eigenvalue weighted by Crippen LogP contribution is 2.27. The van der Waals surface area contributed by atoms with E-state index in [0.29, 0.717) is 29.0 Å². The minimum absolute atomic E-state index is 0.278. The van der Waals surface area contributed by atoms with Crippen LogP contribution in [-0.2, 0) is 6.54 Å². The molecule has 1 heterocycles. The zero-order valence-corrected chi connectivity index (χ0v) is 16.7. The van der Waals surface area contributed by atoms with Gasteiger partial charge in [-0.25, -0.2) is 9.97 Å². The van der Waals surface area contributed by atoms with Crippen LogP contribution in [0.5, 0.6) is 5.75 Å². The number of anilines is 2. The number of methoxy groups -OCH3 is 1. The van der Waals surface area contributed by atoms with Crippen molar-refractivity contribution < 1.29 is 9.53 Å². The van der Waals surface area contributed by atoms with Gasteiger partial charge in [0.15, 0.2) is 0 Å². The molecule has 0 saturated carbocycles. The maximum atomic E-state index is 12.5. The highest BCUT2D eigenvalue weighted by Gasteiger charge is 2.12. The molecule has 2 N–H and O–H groups in total. The van der Waals surface area contributed by atoms with Gasteiger partial charge < -0.3 is 15.4 Å². The van der Waals surface area contributed by atoms with E-state index in [9.17, 15) is 4.79 Å². The van der Waals surface area contributed by atoms with Crippen LogP contribution in [0, 0.1) is 13.8 Å². The lowest BCUT2D eigenvalue weighted by molar-refractivity contribution is 0.0945.